The van der Waals surface area contributed by atoms with Gasteiger partial charge in [0.1, 0.15) is 0 Å². The van der Waals surface area contributed by atoms with Gasteiger partial charge in [0.15, 0.2) is 0 Å². The van der Waals surface area contributed by atoms with E-state index in [-0.39, 0.29) is 5.91 Å². The maximum Gasteiger partial charge on any atom is 0.223 e. The first-order chi connectivity index (χ1) is 5.75. The van der Waals surface area contributed by atoms with E-state index in [1.54, 1.807) is 0 Å². The maximum atomic E-state index is 11.5. The number of nitrogens with one attached hydrogen (secondary N) is 1. The number of hydrogen-bond acceptors (Lipinski definition) is 1. The smallest absolute Gasteiger partial charge is 0.223 e. The molecule has 0 aromatic heterocycles. The summed E-state index contributed by atoms with van der Waals surface area (Å²) in [5.41, 5.74) is 0. The van der Waals surface area contributed by atoms with Crippen molar-refractivity contribution in [3.63, 3.8) is 0 Å². The van der Waals surface area contributed by atoms with Crippen LogP contribution >= 0.6 is 0 Å². The van der Waals surface area contributed by atoms with Gasteiger partial charge in [-0.3, -0.25) is 4.79 Å². The first-order valence-corrected chi connectivity index (χ1v) is 5.03. The molecule has 0 bridgehead atoms. The van der Waals surface area contributed by atoms with Crippen molar-refractivity contribution < 1.29 is 4.79 Å². The molecule has 2 heteroatoms. The Morgan fingerprint density at radius 1 is 1.42 bits per heavy atom. The topological polar surface area (TPSA) is 29.1 Å². The molecule has 1 aliphatic carbocycles. The highest BCUT2D eigenvalue weighted by molar-refractivity contribution is 5.78. The quantitative estimate of drug-likeness (QED) is 0.672. The third-order valence-corrected chi connectivity index (χ3v) is 2.80. The third-order valence-electron chi connectivity index (χ3n) is 2.80. The van der Waals surface area contributed by atoms with Crippen LogP contribution in [0.25, 0.3) is 0 Å². The van der Waals surface area contributed by atoms with Gasteiger partial charge in [0.05, 0.1) is 0 Å². The highest BCUT2D eigenvalue weighted by Crippen LogP contribution is 2.29. The fourth-order valence-electron chi connectivity index (χ4n) is 2.01. The normalized spacial score (nSPS) is 29.8. The zero-order valence-electron chi connectivity index (χ0n) is 8.10. The molecule has 12 heavy (non-hydrogen) atoms. The summed E-state index contributed by atoms with van der Waals surface area (Å²) in [6.07, 6.45) is 4.85. The molecule has 0 heterocycles. The Bertz CT molecular complexity index is 156. The third kappa shape index (κ3) is 2.23. The van der Waals surface area contributed by atoms with Crippen molar-refractivity contribution in [2.75, 3.05) is 6.54 Å². The minimum Gasteiger partial charge on any atom is -0.356 e. The van der Waals surface area contributed by atoms with E-state index in [0.717, 1.165) is 13.0 Å². The van der Waals surface area contributed by atoms with Crippen LogP contribution in [0.5, 0.6) is 0 Å². The molecule has 1 rings (SSSR count). The van der Waals surface area contributed by atoms with E-state index in [0.29, 0.717) is 11.8 Å². The van der Waals surface area contributed by atoms with Crippen molar-refractivity contribution in [1.82, 2.24) is 5.32 Å². The van der Waals surface area contributed by atoms with Gasteiger partial charge in [0, 0.05) is 12.5 Å². The molecule has 2 atom stereocenters. The fraction of sp³-hybridized carbons (Fsp3) is 0.900. The second-order valence-corrected chi connectivity index (χ2v) is 3.76. The minimum atomic E-state index is 0.268. The fourth-order valence-corrected chi connectivity index (χ4v) is 2.01. The van der Waals surface area contributed by atoms with Crippen LogP contribution in [0, 0.1) is 11.8 Å². The van der Waals surface area contributed by atoms with Crippen LogP contribution in [0.4, 0.5) is 0 Å². The van der Waals surface area contributed by atoms with Crippen LogP contribution in [-0.4, -0.2) is 12.5 Å². The largest absolute Gasteiger partial charge is 0.356 e. The highest BCUT2D eigenvalue weighted by atomic mass is 16.1. The van der Waals surface area contributed by atoms with Gasteiger partial charge < -0.3 is 5.32 Å². The van der Waals surface area contributed by atoms with Gasteiger partial charge in [0.25, 0.3) is 0 Å². The SMILES string of the molecule is CCNC(=O)C1CCCCC1C. The van der Waals surface area contributed by atoms with Crippen LogP contribution < -0.4 is 5.32 Å². The number of hydrogen-bond donors (Lipinski definition) is 1. The molecule has 70 valence electrons. The first-order valence-electron chi connectivity index (χ1n) is 5.03. The Kier molecular flexibility index (Phi) is 3.57. The van der Waals surface area contributed by atoms with Crippen LogP contribution in [-0.2, 0) is 4.79 Å². The molecule has 0 aliphatic heterocycles. The van der Waals surface area contributed by atoms with E-state index >= 15 is 0 Å². The number of carbonyl (C=O) groups is 1. The molecule has 1 amide bonds. The van der Waals surface area contributed by atoms with Crippen LogP contribution in [0.15, 0.2) is 0 Å². The van der Waals surface area contributed by atoms with Gasteiger partial charge in [-0.15, -0.1) is 0 Å². The number of amides is 1. The molecule has 1 saturated carbocycles. The van der Waals surface area contributed by atoms with Crippen molar-refractivity contribution in [1.29, 1.82) is 0 Å². The van der Waals surface area contributed by atoms with Gasteiger partial charge in [-0.05, 0) is 25.7 Å². The van der Waals surface area contributed by atoms with E-state index < -0.39 is 0 Å². The van der Waals surface area contributed by atoms with Gasteiger partial charge >= 0.3 is 0 Å². The lowest BCUT2D eigenvalue weighted by Gasteiger charge is -2.27. The summed E-state index contributed by atoms with van der Waals surface area (Å²) in [7, 11) is 0. The predicted molar refractivity (Wildman–Crippen MR) is 49.8 cm³/mol. The monoisotopic (exact) mass is 169 g/mol. The van der Waals surface area contributed by atoms with E-state index in [2.05, 4.69) is 12.2 Å². The lowest BCUT2D eigenvalue weighted by Crippen LogP contribution is -2.35. The molecule has 2 unspecified atom stereocenters. The van der Waals surface area contributed by atoms with Gasteiger partial charge in [0.2, 0.25) is 5.91 Å². The van der Waals surface area contributed by atoms with Crippen molar-refractivity contribution >= 4 is 5.91 Å². The molecular weight excluding hydrogens is 150 g/mol. The molecular formula is C10H19NO. The summed E-state index contributed by atoms with van der Waals surface area (Å²) < 4.78 is 0. The molecule has 1 aliphatic rings. The number of carbonyl (C=O) groups excluding carboxylic acids is 1. The van der Waals surface area contributed by atoms with Crippen LogP contribution in [0.2, 0.25) is 0 Å². The van der Waals surface area contributed by atoms with Crippen LogP contribution in [0.3, 0.4) is 0 Å². The minimum absolute atomic E-state index is 0.268. The Morgan fingerprint density at radius 2 is 2.08 bits per heavy atom. The molecule has 1 fully saturated rings. The summed E-state index contributed by atoms with van der Waals surface area (Å²) in [5.74, 6) is 1.15. The van der Waals surface area contributed by atoms with Crippen molar-refractivity contribution in [2.24, 2.45) is 11.8 Å². The second kappa shape index (κ2) is 4.48. The Hall–Kier alpha value is -0.530. The molecule has 0 aromatic rings. The average molecular weight is 169 g/mol. The van der Waals surface area contributed by atoms with Crippen LogP contribution in [0.1, 0.15) is 39.5 Å². The highest BCUT2D eigenvalue weighted by Gasteiger charge is 2.26. The van der Waals surface area contributed by atoms with E-state index in [1.807, 2.05) is 6.92 Å². The maximum absolute atomic E-state index is 11.5. The molecule has 2 nitrogen and oxygen atoms in total. The summed E-state index contributed by atoms with van der Waals surface area (Å²) in [6.45, 7) is 4.94. The molecule has 0 aromatic carbocycles. The summed E-state index contributed by atoms with van der Waals surface area (Å²) in [4.78, 5) is 11.5. The molecule has 0 saturated heterocycles. The Labute approximate surface area is 74.7 Å². The van der Waals surface area contributed by atoms with Crippen molar-refractivity contribution in [3.8, 4) is 0 Å². The second-order valence-electron chi connectivity index (χ2n) is 3.76. The zero-order valence-corrected chi connectivity index (χ0v) is 8.10. The van der Waals surface area contributed by atoms with E-state index in [4.69, 9.17) is 0 Å². The summed E-state index contributed by atoms with van der Waals surface area (Å²) in [6, 6.07) is 0. The van der Waals surface area contributed by atoms with Gasteiger partial charge in [-0.25, -0.2) is 0 Å². The lowest BCUT2D eigenvalue weighted by molar-refractivity contribution is -0.127. The number of rotatable bonds is 2. The molecule has 1 N–H and O–H groups in total. The van der Waals surface area contributed by atoms with Gasteiger partial charge in [-0.2, -0.15) is 0 Å². The summed E-state index contributed by atoms with van der Waals surface area (Å²) >= 11 is 0. The standard InChI is InChI=1S/C10H19NO/c1-3-11-10(12)9-7-5-4-6-8(9)2/h8-9H,3-7H2,1-2H3,(H,11,12). The predicted octanol–water partition coefficient (Wildman–Crippen LogP) is 1.95. The molecule has 0 spiro atoms. The summed E-state index contributed by atoms with van der Waals surface area (Å²) in [5, 5.41) is 2.91. The average Bonchev–Trinajstić information content (AvgIpc) is 2.05. The first kappa shape index (κ1) is 9.56. The van der Waals surface area contributed by atoms with Gasteiger partial charge in [-0.1, -0.05) is 19.8 Å². The Balaban J connectivity index is 2.42. The zero-order chi connectivity index (χ0) is 8.97. The van der Waals surface area contributed by atoms with Crippen molar-refractivity contribution in [2.45, 2.75) is 39.5 Å². The van der Waals surface area contributed by atoms with E-state index in [1.165, 1.54) is 19.3 Å². The van der Waals surface area contributed by atoms with E-state index in [9.17, 15) is 4.79 Å². The lowest BCUT2D eigenvalue weighted by atomic mass is 9.80. The van der Waals surface area contributed by atoms with Crippen molar-refractivity contribution in [3.05, 3.63) is 0 Å². The Morgan fingerprint density at radius 3 is 2.67 bits per heavy atom. The molecule has 0 radical (unpaired) electrons.